The Kier molecular flexibility index (Phi) is 2.41. The molecule has 0 aliphatic heterocycles. The molecule has 2 rings (SSSR count). The topological polar surface area (TPSA) is 17.8 Å². The number of nitrogens with zero attached hydrogens (tertiary/aromatic N) is 2. The molecule has 0 fully saturated rings. The van der Waals surface area contributed by atoms with Crippen LogP contribution in [0.3, 0.4) is 0 Å². The van der Waals surface area contributed by atoms with E-state index in [0.29, 0.717) is 10.0 Å². The number of fused-ring (bicyclic) bond motifs is 1. The van der Waals surface area contributed by atoms with Gasteiger partial charge in [0.2, 0.25) is 0 Å². The normalized spacial score (nSPS) is 11.1. The molecule has 0 spiro atoms. The Morgan fingerprint density at radius 1 is 1.29 bits per heavy atom. The van der Waals surface area contributed by atoms with Gasteiger partial charge >= 0.3 is 0 Å². The number of benzene rings is 1. The number of halogens is 2. The number of aromatic nitrogens is 2. The Morgan fingerprint density at radius 2 is 1.93 bits per heavy atom. The summed E-state index contributed by atoms with van der Waals surface area (Å²) in [5.74, 6) is 0. The standard InChI is InChI=1S/C10H10Cl2N2/c1-3-9-6-4-7(11)8(12)5-10(6)14(2)13-9/h4-5H,3H2,1-2H3. The molecule has 0 bridgehead atoms. The first kappa shape index (κ1) is 9.81. The van der Waals surface area contributed by atoms with Gasteiger partial charge in [0.15, 0.2) is 0 Å². The summed E-state index contributed by atoms with van der Waals surface area (Å²) >= 11 is 11.9. The second-order valence-corrected chi connectivity index (χ2v) is 4.02. The molecule has 0 aliphatic carbocycles. The van der Waals surface area contributed by atoms with Crippen LogP contribution in [0.5, 0.6) is 0 Å². The fourth-order valence-electron chi connectivity index (χ4n) is 1.59. The van der Waals surface area contributed by atoms with E-state index in [2.05, 4.69) is 12.0 Å². The van der Waals surface area contributed by atoms with Crippen LogP contribution in [0.4, 0.5) is 0 Å². The van der Waals surface area contributed by atoms with Crippen molar-refractivity contribution in [2.45, 2.75) is 13.3 Å². The van der Waals surface area contributed by atoms with E-state index < -0.39 is 0 Å². The maximum atomic E-state index is 5.96. The van der Waals surface area contributed by atoms with Gasteiger partial charge in [0.1, 0.15) is 0 Å². The average molecular weight is 229 g/mol. The van der Waals surface area contributed by atoms with Crippen molar-refractivity contribution in [2.75, 3.05) is 0 Å². The molecule has 2 nitrogen and oxygen atoms in total. The first-order chi connectivity index (χ1) is 6.63. The van der Waals surface area contributed by atoms with Crippen molar-refractivity contribution in [1.29, 1.82) is 0 Å². The Morgan fingerprint density at radius 3 is 2.57 bits per heavy atom. The molecule has 0 unspecified atom stereocenters. The van der Waals surface area contributed by atoms with Gasteiger partial charge in [-0.15, -0.1) is 0 Å². The highest BCUT2D eigenvalue weighted by Gasteiger charge is 2.09. The zero-order valence-corrected chi connectivity index (χ0v) is 9.52. The number of hydrogen-bond donors (Lipinski definition) is 0. The maximum Gasteiger partial charge on any atom is 0.0701 e. The van der Waals surface area contributed by atoms with Gasteiger partial charge in [-0.1, -0.05) is 30.1 Å². The van der Waals surface area contributed by atoms with Gasteiger partial charge in [0, 0.05) is 12.4 Å². The quantitative estimate of drug-likeness (QED) is 0.732. The fraction of sp³-hybridized carbons (Fsp3) is 0.300. The minimum atomic E-state index is 0.574. The van der Waals surface area contributed by atoms with E-state index in [4.69, 9.17) is 23.2 Å². The largest absolute Gasteiger partial charge is 0.268 e. The molecule has 1 heterocycles. The number of hydrogen-bond acceptors (Lipinski definition) is 1. The smallest absolute Gasteiger partial charge is 0.0701 e. The Hall–Kier alpha value is -0.730. The third-order valence-corrected chi connectivity index (χ3v) is 3.03. The van der Waals surface area contributed by atoms with Crippen LogP contribution in [0, 0.1) is 0 Å². The predicted octanol–water partition coefficient (Wildman–Crippen LogP) is 3.44. The van der Waals surface area contributed by atoms with E-state index in [0.717, 1.165) is 23.0 Å². The van der Waals surface area contributed by atoms with Gasteiger partial charge in [0.25, 0.3) is 0 Å². The van der Waals surface area contributed by atoms with Gasteiger partial charge in [-0.3, -0.25) is 4.68 Å². The van der Waals surface area contributed by atoms with Crippen LogP contribution >= 0.6 is 23.2 Å². The summed E-state index contributed by atoms with van der Waals surface area (Å²) in [5.41, 5.74) is 2.08. The summed E-state index contributed by atoms with van der Waals surface area (Å²) in [6.07, 6.45) is 0.898. The second-order valence-electron chi connectivity index (χ2n) is 3.21. The summed E-state index contributed by atoms with van der Waals surface area (Å²) in [5, 5.41) is 6.64. The van der Waals surface area contributed by atoms with Crippen LogP contribution < -0.4 is 0 Å². The summed E-state index contributed by atoms with van der Waals surface area (Å²) in [6, 6.07) is 3.73. The number of aryl methyl sites for hydroxylation is 2. The molecular weight excluding hydrogens is 219 g/mol. The molecule has 0 N–H and O–H groups in total. The van der Waals surface area contributed by atoms with Gasteiger partial charge in [-0.05, 0) is 18.6 Å². The average Bonchev–Trinajstić information content (AvgIpc) is 2.45. The first-order valence-electron chi connectivity index (χ1n) is 4.44. The van der Waals surface area contributed by atoms with E-state index in [9.17, 15) is 0 Å². The molecule has 0 amide bonds. The van der Waals surface area contributed by atoms with Crippen molar-refractivity contribution >= 4 is 34.1 Å². The maximum absolute atomic E-state index is 5.96. The van der Waals surface area contributed by atoms with Crippen LogP contribution in [0.15, 0.2) is 12.1 Å². The second kappa shape index (κ2) is 3.44. The summed E-state index contributed by atoms with van der Waals surface area (Å²) in [4.78, 5) is 0. The molecule has 0 radical (unpaired) electrons. The molecular formula is C10H10Cl2N2. The van der Waals surface area contributed by atoms with E-state index >= 15 is 0 Å². The number of rotatable bonds is 1. The fourth-order valence-corrected chi connectivity index (χ4v) is 1.91. The summed E-state index contributed by atoms with van der Waals surface area (Å²) < 4.78 is 1.83. The lowest BCUT2D eigenvalue weighted by molar-refractivity contribution is 0.770. The van der Waals surface area contributed by atoms with E-state index in [-0.39, 0.29) is 0 Å². The third-order valence-electron chi connectivity index (χ3n) is 2.30. The van der Waals surface area contributed by atoms with Crippen molar-refractivity contribution in [3.63, 3.8) is 0 Å². The van der Waals surface area contributed by atoms with Crippen LogP contribution in [-0.4, -0.2) is 9.78 Å². The molecule has 1 aromatic heterocycles. The van der Waals surface area contributed by atoms with Crippen LogP contribution in [0.1, 0.15) is 12.6 Å². The molecule has 2 aromatic rings. The monoisotopic (exact) mass is 228 g/mol. The van der Waals surface area contributed by atoms with Crippen molar-refractivity contribution in [2.24, 2.45) is 7.05 Å². The van der Waals surface area contributed by atoms with Gasteiger partial charge in [-0.2, -0.15) is 5.10 Å². The lowest BCUT2D eigenvalue weighted by atomic mass is 10.2. The molecule has 0 atom stereocenters. The third kappa shape index (κ3) is 1.39. The minimum absolute atomic E-state index is 0.574. The minimum Gasteiger partial charge on any atom is -0.268 e. The van der Waals surface area contributed by atoms with Crippen molar-refractivity contribution < 1.29 is 0 Å². The van der Waals surface area contributed by atoms with Crippen molar-refractivity contribution in [3.8, 4) is 0 Å². The van der Waals surface area contributed by atoms with Gasteiger partial charge in [0.05, 0.1) is 21.3 Å². The zero-order chi connectivity index (χ0) is 10.3. The molecule has 14 heavy (non-hydrogen) atoms. The van der Waals surface area contributed by atoms with Gasteiger partial charge < -0.3 is 0 Å². The zero-order valence-electron chi connectivity index (χ0n) is 8.01. The lowest BCUT2D eigenvalue weighted by Gasteiger charge is -1.97. The van der Waals surface area contributed by atoms with Crippen LogP contribution in [0.2, 0.25) is 10.0 Å². The molecule has 1 aromatic carbocycles. The summed E-state index contributed by atoms with van der Waals surface area (Å²) in [7, 11) is 1.91. The van der Waals surface area contributed by atoms with Crippen molar-refractivity contribution in [3.05, 3.63) is 27.9 Å². The van der Waals surface area contributed by atoms with Gasteiger partial charge in [-0.25, -0.2) is 0 Å². The van der Waals surface area contributed by atoms with Crippen LogP contribution in [-0.2, 0) is 13.5 Å². The highest BCUT2D eigenvalue weighted by atomic mass is 35.5. The highest BCUT2D eigenvalue weighted by Crippen LogP contribution is 2.29. The molecule has 0 aliphatic rings. The first-order valence-corrected chi connectivity index (χ1v) is 5.19. The molecule has 4 heteroatoms. The Balaban J connectivity index is 2.84. The molecule has 0 saturated heterocycles. The lowest BCUT2D eigenvalue weighted by Crippen LogP contribution is -1.90. The molecule has 0 saturated carbocycles. The highest BCUT2D eigenvalue weighted by molar-refractivity contribution is 6.42. The van der Waals surface area contributed by atoms with E-state index in [1.54, 1.807) is 0 Å². The molecule has 74 valence electrons. The Bertz CT molecular complexity index is 488. The van der Waals surface area contributed by atoms with E-state index in [1.165, 1.54) is 0 Å². The predicted molar refractivity (Wildman–Crippen MR) is 60.1 cm³/mol. The SMILES string of the molecule is CCc1nn(C)c2cc(Cl)c(Cl)cc12. The summed E-state index contributed by atoms with van der Waals surface area (Å²) in [6.45, 7) is 2.07. The van der Waals surface area contributed by atoms with Crippen molar-refractivity contribution in [1.82, 2.24) is 9.78 Å². The Labute approximate surface area is 92.4 Å². The van der Waals surface area contributed by atoms with Crippen LogP contribution in [0.25, 0.3) is 10.9 Å². The van der Waals surface area contributed by atoms with E-state index in [1.807, 2.05) is 23.9 Å².